The SMILES string of the molecule is CC#CCC(NCC)C1CCC(CCC)CC1. The minimum atomic E-state index is 0.634. The molecule has 0 heterocycles. The summed E-state index contributed by atoms with van der Waals surface area (Å²) in [6.07, 6.45) is 9.54. The lowest BCUT2D eigenvalue weighted by Gasteiger charge is -2.33. The van der Waals surface area contributed by atoms with E-state index in [4.69, 9.17) is 0 Å². The molecule has 1 unspecified atom stereocenters. The summed E-state index contributed by atoms with van der Waals surface area (Å²) in [5.41, 5.74) is 0. The lowest BCUT2D eigenvalue weighted by atomic mass is 9.76. The standard InChI is InChI=1S/C16H29N/c1-4-7-9-16(17-6-3)15-12-10-14(8-5-2)11-13-15/h14-17H,5-6,8-13H2,1-3H3. The zero-order valence-corrected chi connectivity index (χ0v) is 11.9. The van der Waals surface area contributed by atoms with Gasteiger partial charge in [0.2, 0.25) is 0 Å². The lowest BCUT2D eigenvalue weighted by molar-refractivity contribution is 0.216. The van der Waals surface area contributed by atoms with Crippen molar-refractivity contribution in [2.24, 2.45) is 11.8 Å². The van der Waals surface area contributed by atoms with Crippen LogP contribution in [0.2, 0.25) is 0 Å². The van der Waals surface area contributed by atoms with Gasteiger partial charge in [-0.1, -0.05) is 39.5 Å². The van der Waals surface area contributed by atoms with Crippen LogP contribution in [0.25, 0.3) is 0 Å². The van der Waals surface area contributed by atoms with E-state index in [9.17, 15) is 0 Å². The van der Waals surface area contributed by atoms with Crippen LogP contribution in [-0.2, 0) is 0 Å². The molecule has 0 spiro atoms. The van der Waals surface area contributed by atoms with Crippen LogP contribution in [0.3, 0.4) is 0 Å². The summed E-state index contributed by atoms with van der Waals surface area (Å²) in [5, 5.41) is 3.63. The molecule has 0 aromatic carbocycles. The van der Waals surface area contributed by atoms with Crippen molar-refractivity contribution in [1.82, 2.24) is 5.32 Å². The fraction of sp³-hybridized carbons (Fsp3) is 0.875. The van der Waals surface area contributed by atoms with E-state index in [-0.39, 0.29) is 0 Å². The number of rotatable bonds is 6. The van der Waals surface area contributed by atoms with Gasteiger partial charge in [0.1, 0.15) is 0 Å². The molecule has 0 aromatic heterocycles. The van der Waals surface area contributed by atoms with Gasteiger partial charge in [-0.25, -0.2) is 0 Å². The minimum Gasteiger partial charge on any atom is -0.313 e. The summed E-state index contributed by atoms with van der Waals surface area (Å²) in [5.74, 6) is 8.16. The van der Waals surface area contributed by atoms with Gasteiger partial charge in [-0.2, -0.15) is 0 Å². The molecule has 1 atom stereocenters. The molecule has 0 aromatic rings. The molecule has 98 valence electrons. The van der Waals surface area contributed by atoms with Crippen LogP contribution in [0, 0.1) is 23.7 Å². The Hall–Kier alpha value is -0.480. The first-order valence-electron chi connectivity index (χ1n) is 7.44. The van der Waals surface area contributed by atoms with Crippen molar-refractivity contribution in [2.45, 2.75) is 71.8 Å². The summed E-state index contributed by atoms with van der Waals surface area (Å²) < 4.78 is 0. The Balaban J connectivity index is 2.38. The predicted octanol–water partition coefficient (Wildman–Crippen LogP) is 3.98. The Labute approximate surface area is 108 Å². The topological polar surface area (TPSA) is 12.0 Å². The molecule has 1 heteroatoms. The van der Waals surface area contributed by atoms with E-state index in [0.29, 0.717) is 6.04 Å². The van der Waals surface area contributed by atoms with Gasteiger partial charge < -0.3 is 5.32 Å². The number of hydrogen-bond donors (Lipinski definition) is 1. The smallest absolute Gasteiger partial charge is 0.0245 e. The molecule has 1 saturated carbocycles. The quantitative estimate of drug-likeness (QED) is 0.687. The highest BCUT2D eigenvalue weighted by atomic mass is 14.9. The molecular formula is C16H29N. The third-order valence-corrected chi connectivity index (χ3v) is 4.12. The molecule has 1 aliphatic carbocycles. The van der Waals surface area contributed by atoms with Crippen molar-refractivity contribution in [3.8, 4) is 11.8 Å². The summed E-state index contributed by atoms with van der Waals surface area (Å²) in [7, 11) is 0. The zero-order chi connectivity index (χ0) is 12.5. The third-order valence-electron chi connectivity index (χ3n) is 4.12. The Bertz CT molecular complexity index is 240. The van der Waals surface area contributed by atoms with Crippen molar-refractivity contribution in [3.05, 3.63) is 0 Å². The van der Waals surface area contributed by atoms with Gasteiger partial charge >= 0.3 is 0 Å². The van der Waals surface area contributed by atoms with Crippen molar-refractivity contribution in [2.75, 3.05) is 6.54 Å². The molecular weight excluding hydrogens is 206 g/mol. The van der Waals surface area contributed by atoms with Crippen molar-refractivity contribution >= 4 is 0 Å². The van der Waals surface area contributed by atoms with E-state index in [0.717, 1.165) is 24.8 Å². The predicted molar refractivity (Wildman–Crippen MR) is 75.9 cm³/mol. The summed E-state index contributed by atoms with van der Waals surface area (Å²) in [6, 6.07) is 0.634. The monoisotopic (exact) mass is 235 g/mol. The maximum absolute atomic E-state index is 3.63. The van der Waals surface area contributed by atoms with Crippen molar-refractivity contribution < 1.29 is 0 Å². The van der Waals surface area contributed by atoms with Gasteiger partial charge in [-0.05, 0) is 38.1 Å². The van der Waals surface area contributed by atoms with Crippen molar-refractivity contribution in [1.29, 1.82) is 0 Å². The van der Waals surface area contributed by atoms with E-state index < -0.39 is 0 Å². The Morgan fingerprint density at radius 3 is 2.41 bits per heavy atom. The van der Waals surface area contributed by atoms with Gasteiger partial charge in [-0.15, -0.1) is 11.8 Å². The van der Waals surface area contributed by atoms with E-state index in [2.05, 4.69) is 31.0 Å². The molecule has 0 aliphatic heterocycles. The maximum Gasteiger partial charge on any atom is 0.0245 e. The normalized spacial score (nSPS) is 26.1. The highest BCUT2D eigenvalue weighted by Gasteiger charge is 2.26. The first-order valence-corrected chi connectivity index (χ1v) is 7.44. The number of nitrogens with one attached hydrogen (secondary N) is 1. The average Bonchev–Trinajstić information content (AvgIpc) is 2.36. The number of hydrogen-bond acceptors (Lipinski definition) is 1. The maximum atomic E-state index is 3.63. The van der Waals surface area contributed by atoms with Gasteiger partial charge in [0.15, 0.2) is 0 Å². The molecule has 0 saturated heterocycles. The molecule has 1 fully saturated rings. The fourth-order valence-electron chi connectivity index (χ4n) is 3.17. The zero-order valence-electron chi connectivity index (χ0n) is 11.9. The first-order chi connectivity index (χ1) is 8.31. The van der Waals surface area contributed by atoms with E-state index in [1.54, 1.807) is 0 Å². The highest BCUT2D eigenvalue weighted by molar-refractivity contribution is 5.00. The van der Waals surface area contributed by atoms with Crippen LogP contribution < -0.4 is 5.32 Å². The molecule has 1 N–H and O–H groups in total. The molecule has 1 aliphatic rings. The molecule has 0 radical (unpaired) electrons. The molecule has 0 amide bonds. The third kappa shape index (κ3) is 5.13. The summed E-state index contributed by atoms with van der Waals surface area (Å²) in [6.45, 7) is 7.53. The van der Waals surface area contributed by atoms with Crippen LogP contribution in [0.1, 0.15) is 65.7 Å². The van der Waals surface area contributed by atoms with E-state index >= 15 is 0 Å². The Morgan fingerprint density at radius 2 is 1.88 bits per heavy atom. The summed E-state index contributed by atoms with van der Waals surface area (Å²) in [4.78, 5) is 0. The second-order valence-corrected chi connectivity index (χ2v) is 5.36. The van der Waals surface area contributed by atoms with Crippen molar-refractivity contribution in [3.63, 3.8) is 0 Å². The molecule has 1 rings (SSSR count). The molecule has 17 heavy (non-hydrogen) atoms. The summed E-state index contributed by atoms with van der Waals surface area (Å²) >= 11 is 0. The van der Waals surface area contributed by atoms with Crippen LogP contribution in [-0.4, -0.2) is 12.6 Å². The Morgan fingerprint density at radius 1 is 1.18 bits per heavy atom. The van der Waals surface area contributed by atoms with Gasteiger partial charge in [-0.3, -0.25) is 0 Å². The molecule has 1 nitrogen and oxygen atoms in total. The fourth-order valence-corrected chi connectivity index (χ4v) is 3.17. The first kappa shape index (κ1) is 14.6. The van der Waals surface area contributed by atoms with Crippen LogP contribution in [0.15, 0.2) is 0 Å². The van der Waals surface area contributed by atoms with Crippen LogP contribution in [0.5, 0.6) is 0 Å². The molecule has 0 bridgehead atoms. The second kappa shape index (κ2) is 8.59. The van der Waals surface area contributed by atoms with E-state index in [1.807, 2.05) is 6.92 Å². The van der Waals surface area contributed by atoms with Crippen LogP contribution >= 0.6 is 0 Å². The Kier molecular flexibility index (Phi) is 7.37. The highest BCUT2D eigenvalue weighted by Crippen LogP contribution is 2.33. The minimum absolute atomic E-state index is 0.634. The van der Waals surface area contributed by atoms with Gasteiger partial charge in [0.25, 0.3) is 0 Å². The largest absolute Gasteiger partial charge is 0.313 e. The lowest BCUT2D eigenvalue weighted by Crippen LogP contribution is -2.37. The average molecular weight is 235 g/mol. The van der Waals surface area contributed by atoms with E-state index in [1.165, 1.54) is 38.5 Å². The van der Waals surface area contributed by atoms with Gasteiger partial charge in [0.05, 0.1) is 0 Å². The second-order valence-electron chi connectivity index (χ2n) is 5.36. The van der Waals surface area contributed by atoms with Crippen LogP contribution in [0.4, 0.5) is 0 Å². The van der Waals surface area contributed by atoms with Gasteiger partial charge in [0, 0.05) is 12.5 Å².